The Morgan fingerprint density at radius 3 is 2.83 bits per heavy atom. The monoisotopic (exact) mass is 247 g/mol. The van der Waals surface area contributed by atoms with Crippen LogP contribution in [0, 0.1) is 12.8 Å². The van der Waals surface area contributed by atoms with E-state index in [9.17, 15) is 0 Å². The van der Waals surface area contributed by atoms with Crippen molar-refractivity contribution in [3.63, 3.8) is 0 Å². The highest BCUT2D eigenvalue weighted by atomic mass is 15.2. The van der Waals surface area contributed by atoms with Crippen molar-refractivity contribution in [1.29, 1.82) is 0 Å². The van der Waals surface area contributed by atoms with Crippen molar-refractivity contribution in [3.8, 4) is 0 Å². The van der Waals surface area contributed by atoms with Crippen molar-refractivity contribution in [2.24, 2.45) is 5.92 Å². The Labute approximate surface area is 111 Å². The van der Waals surface area contributed by atoms with Crippen LogP contribution in [0.1, 0.15) is 37.6 Å². The van der Waals surface area contributed by atoms with Crippen LogP contribution in [0.2, 0.25) is 0 Å². The van der Waals surface area contributed by atoms with Gasteiger partial charge in [0.2, 0.25) is 0 Å². The number of pyridine rings is 1. The lowest BCUT2D eigenvalue weighted by Gasteiger charge is -2.26. The van der Waals surface area contributed by atoms with Gasteiger partial charge in [-0.15, -0.1) is 0 Å². The zero-order chi connectivity index (χ0) is 13.1. The summed E-state index contributed by atoms with van der Waals surface area (Å²) in [5, 5.41) is 3.57. The molecule has 3 nitrogen and oxygen atoms in total. The first-order valence-electron chi connectivity index (χ1n) is 6.94. The van der Waals surface area contributed by atoms with Gasteiger partial charge in [-0.25, -0.2) is 0 Å². The molecule has 0 radical (unpaired) electrons. The molecule has 18 heavy (non-hydrogen) atoms. The predicted octanol–water partition coefficient (Wildman–Crippen LogP) is 2.38. The van der Waals surface area contributed by atoms with Crippen molar-refractivity contribution >= 4 is 0 Å². The van der Waals surface area contributed by atoms with Gasteiger partial charge in [-0.05, 0) is 44.5 Å². The van der Waals surface area contributed by atoms with Crippen molar-refractivity contribution < 1.29 is 0 Å². The van der Waals surface area contributed by atoms with E-state index in [2.05, 4.69) is 48.2 Å². The van der Waals surface area contributed by atoms with Crippen molar-refractivity contribution in [3.05, 3.63) is 29.6 Å². The number of hydrogen-bond donors (Lipinski definition) is 1. The average Bonchev–Trinajstić information content (AvgIpc) is 2.69. The minimum absolute atomic E-state index is 0.518. The SMILES string of the molecule is Cc1ccc(C2C(CNC(C)C)CCN2C)cn1. The molecular weight excluding hydrogens is 222 g/mol. The Morgan fingerprint density at radius 1 is 1.44 bits per heavy atom. The van der Waals surface area contributed by atoms with Gasteiger partial charge in [-0.1, -0.05) is 19.9 Å². The van der Waals surface area contributed by atoms with Crippen LogP contribution in [0.3, 0.4) is 0 Å². The highest BCUT2D eigenvalue weighted by Gasteiger charge is 2.32. The minimum atomic E-state index is 0.518. The Hall–Kier alpha value is -0.930. The molecule has 2 heterocycles. The highest BCUT2D eigenvalue weighted by Crippen LogP contribution is 2.35. The topological polar surface area (TPSA) is 28.2 Å². The third kappa shape index (κ3) is 3.09. The molecule has 0 spiro atoms. The molecule has 2 rings (SSSR count). The molecule has 1 N–H and O–H groups in total. The summed E-state index contributed by atoms with van der Waals surface area (Å²) in [6.45, 7) is 8.74. The zero-order valence-corrected chi connectivity index (χ0v) is 12.0. The van der Waals surface area contributed by atoms with Crippen LogP contribution in [-0.4, -0.2) is 36.1 Å². The maximum Gasteiger partial charge on any atom is 0.0401 e. The van der Waals surface area contributed by atoms with Crippen molar-refractivity contribution in [1.82, 2.24) is 15.2 Å². The third-order valence-electron chi connectivity index (χ3n) is 3.84. The number of aromatic nitrogens is 1. The fraction of sp³-hybridized carbons (Fsp3) is 0.667. The van der Waals surface area contributed by atoms with Gasteiger partial charge in [0.05, 0.1) is 0 Å². The van der Waals surface area contributed by atoms with Crippen molar-refractivity contribution in [2.45, 2.75) is 39.3 Å². The quantitative estimate of drug-likeness (QED) is 0.885. The summed E-state index contributed by atoms with van der Waals surface area (Å²) in [6, 6.07) is 5.43. The second kappa shape index (κ2) is 5.81. The van der Waals surface area contributed by atoms with Gasteiger partial charge < -0.3 is 5.32 Å². The standard InChI is InChI=1S/C15H25N3/c1-11(2)16-9-14-7-8-18(4)15(14)13-6-5-12(3)17-10-13/h5-6,10-11,14-16H,7-9H2,1-4H3. The highest BCUT2D eigenvalue weighted by molar-refractivity contribution is 5.19. The van der Waals surface area contributed by atoms with Crippen LogP contribution in [0.25, 0.3) is 0 Å². The lowest BCUT2D eigenvalue weighted by atomic mass is 9.94. The van der Waals surface area contributed by atoms with E-state index >= 15 is 0 Å². The average molecular weight is 247 g/mol. The zero-order valence-electron chi connectivity index (χ0n) is 12.0. The van der Waals surface area contributed by atoms with Gasteiger partial charge in [0.25, 0.3) is 0 Å². The molecule has 0 saturated carbocycles. The first-order chi connectivity index (χ1) is 8.58. The van der Waals surface area contributed by atoms with E-state index in [1.165, 1.54) is 18.5 Å². The fourth-order valence-electron chi connectivity index (χ4n) is 2.81. The summed E-state index contributed by atoms with van der Waals surface area (Å²) < 4.78 is 0. The van der Waals surface area contributed by atoms with E-state index in [0.717, 1.165) is 12.2 Å². The molecular formula is C15H25N3. The molecule has 100 valence electrons. The van der Waals surface area contributed by atoms with E-state index < -0.39 is 0 Å². The molecule has 0 amide bonds. The molecule has 1 aliphatic heterocycles. The summed E-state index contributed by atoms with van der Waals surface area (Å²) >= 11 is 0. The van der Waals surface area contributed by atoms with Crippen LogP contribution in [0.5, 0.6) is 0 Å². The molecule has 1 aliphatic rings. The van der Waals surface area contributed by atoms with Crippen LogP contribution >= 0.6 is 0 Å². The maximum absolute atomic E-state index is 4.44. The van der Waals surface area contributed by atoms with Crippen LogP contribution in [-0.2, 0) is 0 Å². The molecule has 2 unspecified atom stereocenters. The second-order valence-corrected chi connectivity index (χ2v) is 5.77. The number of hydrogen-bond acceptors (Lipinski definition) is 3. The lowest BCUT2D eigenvalue weighted by molar-refractivity contribution is 0.269. The van der Waals surface area contributed by atoms with Crippen LogP contribution in [0.4, 0.5) is 0 Å². The molecule has 1 aromatic rings. The van der Waals surface area contributed by atoms with E-state index in [1.54, 1.807) is 0 Å². The summed E-state index contributed by atoms with van der Waals surface area (Å²) in [7, 11) is 2.22. The first-order valence-corrected chi connectivity index (χ1v) is 6.94. The Kier molecular flexibility index (Phi) is 4.36. The van der Waals surface area contributed by atoms with Gasteiger partial charge in [-0.2, -0.15) is 0 Å². The molecule has 0 aliphatic carbocycles. The first kappa shape index (κ1) is 13.5. The molecule has 1 aromatic heterocycles. The number of aryl methyl sites for hydroxylation is 1. The number of nitrogens with zero attached hydrogens (tertiary/aromatic N) is 2. The van der Waals surface area contributed by atoms with Gasteiger partial charge in [0.15, 0.2) is 0 Å². The summed E-state index contributed by atoms with van der Waals surface area (Å²) in [6.07, 6.45) is 3.32. The number of rotatable bonds is 4. The summed E-state index contributed by atoms with van der Waals surface area (Å²) in [4.78, 5) is 6.90. The normalized spacial score (nSPS) is 24.9. The smallest absolute Gasteiger partial charge is 0.0401 e. The molecule has 0 aromatic carbocycles. The molecule has 1 saturated heterocycles. The predicted molar refractivity (Wildman–Crippen MR) is 75.6 cm³/mol. The number of likely N-dealkylation sites (tertiary alicyclic amines) is 1. The van der Waals surface area contributed by atoms with Gasteiger partial charge in [0, 0.05) is 30.5 Å². The Bertz CT molecular complexity index is 372. The van der Waals surface area contributed by atoms with E-state index in [1.807, 2.05) is 13.1 Å². The largest absolute Gasteiger partial charge is 0.314 e. The second-order valence-electron chi connectivity index (χ2n) is 5.77. The van der Waals surface area contributed by atoms with E-state index in [-0.39, 0.29) is 0 Å². The van der Waals surface area contributed by atoms with Crippen LogP contribution in [0.15, 0.2) is 18.3 Å². The fourth-order valence-corrected chi connectivity index (χ4v) is 2.81. The molecule has 3 heteroatoms. The van der Waals surface area contributed by atoms with Crippen molar-refractivity contribution in [2.75, 3.05) is 20.1 Å². The minimum Gasteiger partial charge on any atom is -0.314 e. The lowest BCUT2D eigenvalue weighted by Crippen LogP contribution is -2.32. The maximum atomic E-state index is 4.44. The van der Waals surface area contributed by atoms with Gasteiger partial charge in [-0.3, -0.25) is 9.88 Å². The Morgan fingerprint density at radius 2 is 2.22 bits per heavy atom. The van der Waals surface area contributed by atoms with E-state index in [4.69, 9.17) is 0 Å². The number of nitrogens with one attached hydrogen (secondary N) is 1. The third-order valence-corrected chi connectivity index (χ3v) is 3.84. The van der Waals surface area contributed by atoms with Crippen LogP contribution < -0.4 is 5.32 Å². The van der Waals surface area contributed by atoms with E-state index in [0.29, 0.717) is 18.0 Å². The van der Waals surface area contributed by atoms with Gasteiger partial charge >= 0.3 is 0 Å². The summed E-state index contributed by atoms with van der Waals surface area (Å²) in [5.41, 5.74) is 2.45. The molecule has 2 atom stereocenters. The molecule has 1 fully saturated rings. The molecule has 0 bridgehead atoms. The summed E-state index contributed by atoms with van der Waals surface area (Å²) in [5.74, 6) is 0.696. The Balaban J connectivity index is 2.09. The van der Waals surface area contributed by atoms with Gasteiger partial charge in [0.1, 0.15) is 0 Å².